The summed E-state index contributed by atoms with van der Waals surface area (Å²) in [6.45, 7) is 4.78. The topological polar surface area (TPSA) is 38.7 Å². The molecule has 3 unspecified atom stereocenters. The van der Waals surface area contributed by atoms with Crippen molar-refractivity contribution in [1.29, 1.82) is 0 Å². The lowest BCUT2D eigenvalue weighted by atomic mass is 10.1. The average Bonchev–Trinajstić information content (AvgIpc) is 2.80. The van der Waals surface area contributed by atoms with Crippen LogP contribution in [0.15, 0.2) is 30.3 Å². The van der Waals surface area contributed by atoms with Crippen LogP contribution in [0.3, 0.4) is 0 Å². The SMILES string of the molecule is CC(CO)SCC1COC(C)(c2ccccc2)O1. The monoisotopic (exact) mass is 268 g/mol. The zero-order chi connectivity index (χ0) is 13.0. The number of rotatable bonds is 5. The molecule has 4 heteroatoms. The Labute approximate surface area is 112 Å². The first kappa shape index (κ1) is 13.9. The zero-order valence-electron chi connectivity index (χ0n) is 10.8. The summed E-state index contributed by atoms with van der Waals surface area (Å²) in [6.07, 6.45) is 0.0919. The lowest BCUT2D eigenvalue weighted by Crippen LogP contribution is -2.24. The van der Waals surface area contributed by atoms with Crippen molar-refractivity contribution in [2.45, 2.75) is 31.0 Å². The van der Waals surface area contributed by atoms with Crippen LogP contribution in [0.4, 0.5) is 0 Å². The largest absolute Gasteiger partial charge is 0.395 e. The zero-order valence-corrected chi connectivity index (χ0v) is 11.7. The predicted molar refractivity (Wildman–Crippen MR) is 73.6 cm³/mol. The van der Waals surface area contributed by atoms with E-state index in [1.54, 1.807) is 11.8 Å². The molecular weight excluding hydrogens is 248 g/mol. The van der Waals surface area contributed by atoms with E-state index >= 15 is 0 Å². The van der Waals surface area contributed by atoms with Gasteiger partial charge in [-0.2, -0.15) is 11.8 Å². The van der Waals surface area contributed by atoms with E-state index in [2.05, 4.69) is 0 Å². The molecule has 18 heavy (non-hydrogen) atoms. The van der Waals surface area contributed by atoms with Crippen LogP contribution in [0.2, 0.25) is 0 Å². The van der Waals surface area contributed by atoms with Gasteiger partial charge in [0.2, 0.25) is 0 Å². The number of benzene rings is 1. The van der Waals surface area contributed by atoms with Gasteiger partial charge in [0.25, 0.3) is 0 Å². The Bertz CT molecular complexity index is 371. The van der Waals surface area contributed by atoms with E-state index in [9.17, 15) is 0 Å². The summed E-state index contributed by atoms with van der Waals surface area (Å²) in [5.41, 5.74) is 1.05. The summed E-state index contributed by atoms with van der Waals surface area (Å²) in [6, 6.07) is 10.0. The van der Waals surface area contributed by atoms with Crippen LogP contribution in [-0.4, -0.2) is 35.4 Å². The molecule has 1 aliphatic rings. The first-order valence-corrected chi connectivity index (χ1v) is 7.28. The molecule has 0 aromatic heterocycles. The third-order valence-electron chi connectivity index (χ3n) is 3.06. The summed E-state index contributed by atoms with van der Waals surface area (Å²) < 4.78 is 11.8. The van der Waals surface area contributed by atoms with Gasteiger partial charge in [-0.05, 0) is 6.92 Å². The van der Waals surface area contributed by atoms with E-state index in [1.165, 1.54) is 0 Å². The summed E-state index contributed by atoms with van der Waals surface area (Å²) in [5, 5.41) is 9.24. The summed E-state index contributed by atoms with van der Waals surface area (Å²) in [7, 11) is 0. The number of aliphatic hydroxyl groups excluding tert-OH is 1. The molecule has 1 heterocycles. The molecule has 0 amide bonds. The number of ether oxygens (including phenoxy) is 2. The van der Waals surface area contributed by atoms with Crippen LogP contribution in [0.5, 0.6) is 0 Å². The molecule has 1 aromatic rings. The van der Waals surface area contributed by atoms with Crippen molar-refractivity contribution in [3.8, 4) is 0 Å². The standard InChI is InChI=1S/C14H20O3S/c1-11(8-15)18-10-13-9-16-14(2,17-13)12-6-4-3-5-7-12/h3-7,11,13,15H,8-10H2,1-2H3. The predicted octanol–water partition coefficient (Wildman–Crippen LogP) is 2.39. The van der Waals surface area contributed by atoms with Crippen molar-refractivity contribution >= 4 is 11.8 Å². The fourth-order valence-electron chi connectivity index (χ4n) is 1.94. The van der Waals surface area contributed by atoms with Crippen molar-refractivity contribution in [2.75, 3.05) is 19.0 Å². The smallest absolute Gasteiger partial charge is 0.192 e. The molecule has 0 saturated carbocycles. The molecule has 1 aromatic carbocycles. The maximum absolute atomic E-state index is 9.00. The fraction of sp³-hybridized carbons (Fsp3) is 0.571. The second-order valence-electron chi connectivity index (χ2n) is 4.69. The van der Waals surface area contributed by atoms with Crippen LogP contribution >= 0.6 is 11.8 Å². The molecule has 2 rings (SSSR count). The molecule has 1 saturated heterocycles. The van der Waals surface area contributed by atoms with Gasteiger partial charge in [0, 0.05) is 16.6 Å². The van der Waals surface area contributed by atoms with Crippen molar-refractivity contribution in [2.24, 2.45) is 0 Å². The Morgan fingerprint density at radius 3 is 2.83 bits per heavy atom. The van der Waals surface area contributed by atoms with Crippen LogP contribution < -0.4 is 0 Å². The number of aliphatic hydroxyl groups is 1. The van der Waals surface area contributed by atoms with Crippen molar-refractivity contribution in [1.82, 2.24) is 0 Å². The molecule has 0 bridgehead atoms. The normalized spacial score (nSPS) is 29.4. The third-order valence-corrected chi connectivity index (χ3v) is 4.34. The average molecular weight is 268 g/mol. The molecular formula is C14H20O3S. The lowest BCUT2D eigenvalue weighted by Gasteiger charge is -2.23. The molecule has 3 nitrogen and oxygen atoms in total. The minimum absolute atomic E-state index is 0.0919. The highest BCUT2D eigenvalue weighted by atomic mass is 32.2. The highest BCUT2D eigenvalue weighted by Crippen LogP contribution is 2.34. The Kier molecular flexibility index (Phi) is 4.67. The minimum atomic E-state index is -0.630. The van der Waals surface area contributed by atoms with Crippen LogP contribution in [0.25, 0.3) is 0 Å². The third kappa shape index (κ3) is 3.26. The second kappa shape index (κ2) is 6.06. The van der Waals surface area contributed by atoms with Crippen molar-refractivity contribution < 1.29 is 14.6 Å². The van der Waals surface area contributed by atoms with E-state index in [0.717, 1.165) is 11.3 Å². The van der Waals surface area contributed by atoms with Gasteiger partial charge >= 0.3 is 0 Å². The Morgan fingerprint density at radius 2 is 2.17 bits per heavy atom. The summed E-state index contributed by atoms with van der Waals surface area (Å²) in [4.78, 5) is 0. The van der Waals surface area contributed by atoms with E-state index < -0.39 is 5.79 Å². The van der Waals surface area contributed by atoms with E-state index in [4.69, 9.17) is 14.6 Å². The van der Waals surface area contributed by atoms with Gasteiger partial charge in [0.1, 0.15) is 0 Å². The lowest BCUT2D eigenvalue weighted by molar-refractivity contribution is -0.159. The molecule has 100 valence electrons. The molecule has 0 aliphatic carbocycles. The van der Waals surface area contributed by atoms with E-state index in [0.29, 0.717) is 6.61 Å². The fourth-order valence-corrected chi connectivity index (χ4v) is 2.75. The Morgan fingerprint density at radius 1 is 1.44 bits per heavy atom. The summed E-state index contributed by atoms with van der Waals surface area (Å²) in [5.74, 6) is 0.221. The highest BCUT2D eigenvalue weighted by Gasteiger charge is 2.38. The quantitative estimate of drug-likeness (QED) is 0.890. The van der Waals surface area contributed by atoms with Crippen LogP contribution in [0, 0.1) is 0 Å². The van der Waals surface area contributed by atoms with Gasteiger partial charge in [-0.15, -0.1) is 0 Å². The van der Waals surface area contributed by atoms with Crippen molar-refractivity contribution in [3.05, 3.63) is 35.9 Å². The molecule has 1 aliphatic heterocycles. The molecule has 0 radical (unpaired) electrons. The number of thioether (sulfide) groups is 1. The number of hydrogen-bond acceptors (Lipinski definition) is 4. The molecule has 3 atom stereocenters. The van der Waals surface area contributed by atoms with E-state index in [-0.39, 0.29) is 18.0 Å². The molecule has 1 N–H and O–H groups in total. The Balaban J connectivity index is 1.91. The van der Waals surface area contributed by atoms with Gasteiger partial charge < -0.3 is 14.6 Å². The molecule has 1 fully saturated rings. The van der Waals surface area contributed by atoms with Gasteiger partial charge in [-0.1, -0.05) is 37.3 Å². The van der Waals surface area contributed by atoms with Gasteiger partial charge in [0.05, 0.1) is 19.3 Å². The maximum Gasteiger partial charge on any atom is 0.192 e. The van der Waals surface area contributed by atoms with Crippen LogP contribution in [-0.2, 0) is 15.3 Å². The second-order valence-corrected chi connectivity index (χ2v) is 6.16. The minimum Gasteiger partial charge on any atom is -0.395 e. The van der Waals surface area contributed by atoms with Crippen LogP contribution in [0.1, 0.15) is 19.4 Å². The van der Waals surface area contributed by atoms with E-state index in [1.807, 2.05) is 44.2 Å². The summed E-state index contributed by atoms with van der Waals surface area (Å²) >= 11 is 1.71. The van der Waals surface area contributed by atoms with Crippen molar-refractivity contribution in [3.63, 3.8) is 0 Å². The van der Waals surface area contributed by atoms with Gasteiger partial charge in [0.15, 0.2) is 5.79 Å². The maximum atomic E-state index is 9.00. The molecule has 0 spiro atoms. The first-order valence-electron chi connectivity index (χ1n) is 6.24. The van der Waals surface area contributed by atoms with Gasteiger partial charge in [-0.3, -0.25) is 0 Å². The van der Waals surface area contributed by atoms with Gasteiger partial charge in [-0.25, -0.2) is 0 Å². The first-order chi connectivity index (χ1) is 8.64. The number of hydrogen-bond donors (Lipinski definition) is 1. The Hall–Kier alpha value is -0.550. The highest BCUT2D eigenvalue weighted by molar-refractivity contribution is 7.99.